The van der Waals surface area contributed by atoms with Crippen LogP contribution in [0.1, 0.15) is 11.1 Å². The third kappa shape index (κ3) is 1.73. The van der Waals surface area contributed by atoms with Gasteiger partial charge in [-0.3, -0.25) is 10.1 Å². The van der Waals surface area contributed by atoms with Crippen molar-refractivity contribution in [3.05, 3.63) is 41.5 Å². The van der Waals surface area contributed by atoms with Crippen molar-refractivity contribution < 1.29 is 9.90 Å². The van der Waals surface area contributed by atoms with Crippen molar-refractivity contribution in [3.8, 4) is 0 Å². The van der Waals surface area contributed by atoms with Crippen LogP contribution in [0, 0.1) is 6.92 Å². The molecular formula is C12H14N2O2. The number of hydrogen-bond acceptors (Lipinski definition) is 3. The molecule has 4 heteroatoms. The number of carbonyl (C=O) groups is 1. The fraction of sp³-hybridized carbons (Fsp3) is 0.250. The summed E-state index contributed by atoms with van der Waals surface area (Å²) in [5.74, 6) is -0.453. The topological polar surface area (TPSA) is 61.4 Å². The van der Waals surface area contributed by atoms with Crippen molar-refractivity contribution in [1.29, 1.82) is 0 Å². The summed E-state index contributed by atoms with van der Waals surface area (Å²) in [7, 11) is 1.54. The van der Waals surface area contributed by atoms with Gasteiger partial charge >= 0.3 is 0 Å². The smallest absolute Gasteiger partial charge is 0.276 e. The standard InChI is InChI=1S/C12H14N2O2/c1-8-3-5-9(6-4-8)10-7-12(16,13-2)11(15)14-10/h3-7,13,16H,1-2H3,(H,14,15). The maximum atomic E-state index is 11.5. The van der Waals surface area contributed by atoms with Gasteiger partial charge in [-0.15, -0.1) is 0 Å². The van der Waals surface area contributed by atoms with Gasteiger partial charge in [0.15, 0.2) is 0 Å². The van der Waals surface area contributed by atoms with Crippen LogP contribution in [-0.2, 0) is 4.79 Å². The monoisotopic (exact) mass is 218 g/mol. The number of carbonyl (C=O) groups excluding carboxylic acids is 1. The summed E-state index contributed by atoms with van der Waals surface area (Å²) in [5, 5.41) is 15.1. The second-order valence-corrected chi connectivity index (χ2v) is 3.89. The predicted octanol–water partition coefficient (Wildman–Crippen LogP) is 0.374. The minimum absolute atomic E-state index is 0.453. The Kier molecular flexibility index (Phi) is 2.53. The molecule has 0 aliphatic carbocycles. The number of nitrogens with one attached hydrogen (secondary N) is 2. The Labute approximate surface area is 94.0 Å². The lowest BCUT2D eigenvalue weighted by atomic mass is 10.1. The molecule has 1 aliphatic rings. The fourth-order valence-corrected chi connectivity index (χ4v) is 1.60. The lowest BCUT2D eigenvalue weighted by Crippen LogP contribution is -2.49. The Bertz CT molecular complexity index is 451. The van der Waals surface area contributed by atoms with Crippen LogP contribution >= 0.6 is 0 Å². The molecule has 4 nitrogen and oxygen atoms in total. The Balaban J connectivity index is 2.34. The molecule has 0 saturated heterocycles. The van der Waals surface area contributed by atoms with Gasteiger partial charge in [0.1, 0.15) is 0 Å². The third-order valence-electron chi connectivity index (χ3n) is 2.69. The van der Waals surface area contributed by atoms with Gasteiger partial charge in [0.25, 0.3) is 5.91 Å². The van der Waals surface area contributed by atoms with E-state index in [4.69, 9.17) is 0 Å². The number of rotatable bonds is 2. The third-order valence-corrected chi connectivity index (χ3v) is 2.69. The molecule has 1 unspecified atom stereocenters. The molecule has 0 aromatic heterocycles. The molecule has 2 rings (SSSR count). The first-order chi connectivity index (χ1) is 7.55. The van der Waals surface area contributed by atoms with Crippen LogP contribution in [-0.4, -0.2) is 23.8 Å². The van der Waals surface area contributed by atoms with Crippen LogP contribution in [0.25, 0.3) is 5.70 Å². The zero-order chi connectivity index (χ0) is 11.8. The van der Waals surface area contributed by atoms with Crippen molar-refractivity contribution in [2.45, 2.75) is 12.6 Å². The van der Waals surface area contributed by atoms with E-state index in [9.17, 15) is 9.90 Å². The molecule has 1 amide bonds. The van der Waals surface area contributed by atoms with E-state index in [2.05, 4.69) is 10.6 Å². The molecular weight excluding hydrogens is 204 g/mol. The largest absolute Gasteiger partial charge is 0.364 e. The number of aryl methyl sites for hydroxylation is 1. The Morgan fingerprint density at radius 2 is 1.94 bits per heavy atom. The number of aliphatic hydroxyl groups is 1. The second kappa shape index (κ2) is 3.73. The van der Waals surface area contributed by atoms with E-state index in [1.807, 2.05) is 31.2 Å². The van der Waals surface area contributed by atoms with Gasteiger partial charge in [-0.05, 0) is 25.6 Å². The average molecular weight is 218 g/mol. The van der Waals surface area contributed by atoms with Crippen LogP contribution in [0.2, 0.25) is 0 Å². The summed E-state index contributed by atoms with van der Waals surface area (Å²) in [4.78, 5) is 11.5. The molecule has 0 spiro atoms. The molecule has 0 fully saturated rings. The average Bonchev–Trinajstić information content (AvgIpc) is 2.57. The predicted molar refractivity (Wildman–Crippen MR) is 61.3 cm³/mol. The molecule has 84 valence electrons. The Morgan fingerprint density at radius 3 is 2.44 bits per heavy atom. The van der Waals surface area contributed by atoms with E-state index in [0.29, 0.717) is 5.70 Å². The maximum absolute atomic E-state index is 11.5. The number of amides is 1. The van der Waals surface area contributed by atoms with Crippen molar-refractivity contribution >= 4 is 11.6 Å². The highest BCUT2D eigenvalue weighted by Crippen LogP contribution is 2.22. The van der Waals surface area contributed by atoms with Crippen LogP contribution < -0.4 is 10.6 Å². The van der Waals surface area contributed by atoms with Gasteiger partial charge in [0.2, 0.25) is 5.72 Å². The number of likely N-dealkylation sites (N-methyl/N-ethyl adjacent to an activating group) is 1. The Morgan fingerprint density at radius 1 is 1.31 bits per heavy atom. The SMILES string of the molecule is CNC1(O)C=C(c2ccc(C)cc2)NC1=O. The van der Waals surface area contributed by atoms with Gasteiger partial charge in [-0.1, -0.05) is 29.8 Å². The summed E-state index contributed by atoms with van der Waals surface area (Å²) >= 11 is 0. The van der Waals surface area contributed by atoms with Gasteiger partial charge in [-0.25, -0.2) is 0 Å². The van der Waals surface area contributed by atoms with E-state index in [0.717, 1.165) is 11.1 Å². The summed E-state index contributed by atoms with van der Waals surface area (Å²) in [6, 6.07) is 7.73. The van der Waals surface area contributed by atoms with Gasteiger partial charge in [0.05, 0.1) is 0 Å². The molecule has 0 radical (unpaired) electrons. The second-order valence-electron chi connectivity index (χ2n) is 3.89. The normalized spacial score (nSPS) is 24.2. The Hall–Kier alpha value is -1.65. The van der Waals surface area contributed by atoms with Crippen LogP contribution in [0.4, 0.5) is 0 Å². The van der Waals surface area contributed by atoms with Gasteiger partial charge in [0, 0.05) is 5.70 Å². The molecule has 1 aromatic carbocycles. The zero-order valence-electron chi connectivity index (χ0n) is 9.24. The van der Waals surface area contributed by atoms with E-state index in [-0.39, 0.29) is 0 Å². The van der Waals surface area contributed by atoms with Crippen molar-refractivity contribution in [3.63, 3.8) is 0 Å². The van der Waals surface area contributed by atoms with Gasteiger partial charge in [-0.2, -0.15) is 0 Å². The van der Waals surface area contributed by atoms with Crippen LogP contribution in [0.5, 0.6) is 0 Å². The molecule has 1 heterocycles. The van der Waals surface area contributed by atoms with Crippen molar-refractivity contribution in [2.24, 2.45) is 0 Å². The highest BCUT2D eigenvalue weighted by atomic mass is 16.3. The van der Waals surface area contributed by atoms with E-state index in [1.165, 1.54) is 13.1 Å². The lowest BCUT2D eigenvalue weighted by molar-refractivity contribution is -0.134. The van der Waals surface area contributed by atoms with Crippen molar-refractivity contribution in [2.75, 3.05) is 7.05 Å². The number of hydrogen-bond donors (Lipinski definition) is 3. The minimum atomic E-state index is -1.60. The summed E-state index contributed by atoms with van der Waals surface area (Å²) < 4.78 is 0. The molecule has 3 N–H and O–H groups in total. The van der Waals surface area contributed by atoms with Gasteiger partial charge < -0.3 is 10.4 Å². The highest BCUT2D eigenvalue weighted by Gasteiger charge is 2.38. The van der Waals surface area contributed by atoms with E-state index < -0.39 is 11.6 Å². The number of benzene rings is 1. The highest BCUT2D eigenvalue weighted by molar-refractivity contribution is 6.00. The maximum Gasteiger partial charge on any atom is 0.276 e. The van der Waals surface area contributed by atoms with Crippen LogP contribution in [0.15, 0.2) is 30.3 Å². The molecule has 1 aliphatic heterocycles. The van der Waals surface area contributed by atoms with Crippen molar-refractivity contribution in [1.82, 2.24) is 10.6 Å². The van der Waals surface area contributed by atoms with E-state index in [1.54, 1.807) is 0 Å². The summed E-state index contributed by atoms with van der Waals surface area (Å²) in [6.45, 7) is 2.00. The lowest BCUT2D eigenvalue weighted by Gasteiger charge is -2.15. The molecule has 0 saturated carbocycles. The molecule has 0 bridgehead atoms. The first kappa shape index (κ1) is 10.9. The fourth-order valence-electron chi connectivity index (χ4n) is 1.60. The molecule has 16 heavy (non-hydrogen) atoms. The first-order valence-electron chi connectivity index (χ1n) is 5.08. The zero-order valence-corrected chi connectivity index (χ0v) is 9.24. The van der Waals surface area contributed by atoms with E-state index >= 15 is 0 Å². The summed E-state index contributed by atoms with van der Waals surface area (Å²) in [5.41, 5.74) is 1.06. The molecule has 1 aromatic rings. The summed E-state index contributed by atoms with van der Waals surface area (Å²) in [6.07, 6.45) is 1.49. The van der Waals surface area contributed by atoms with Crippen LogP contribution in [0.3, 0.4) is 0 Å². The molecule has 1 atom stereocenters. The quantitative estimate of drug-likeness (QED) is 0.629. The first-order valence-corrected chi connectivity index (χ1v) is 5.08. The minimum Gasteiger partial charge on any atom is -0.364 e.